The van der Waals surface area contributed by atoms with Gasteiger partial charge in [-0.1, -0.05) is 58.3 Å². The van der Waals surface area contributed by atoms with Crippen LogP contribution in [0.15, 0.2) is 0 Å². The molecule has 0 amide bonds. The first-order valence-electron chi connectivity index (χ1n) is 11.0. The number of ether oxygens (including phenoxy) is 3. The summed E-state index contributed by atoms with van der Waals surface area (Å²) < 4.78 is 15.9. The SMILES string of the molecule is CCCCCCCCCCCC(=O)OC[C@@H](COC[C@@H](O)CO)OC[C@H](O)CO. The summed E-state index contributed by atoms with van der Waals surface area (Å²) in [7, 11) is 0. The van der Waals surface area contributed by atoms with Gasteiger partial charge < -0.3 is 34.6 Å². The van der Waals surface area contributed by atoms with Gasteiger partial charge in [0, 0.05) is 6.42 Å². The molecule has 0 spiro atoms. The standard InChI is InChI=1S/C21H42O8/c1-2-3-4-5-6-7-8-9-10-11-21(26)29-17-20(28-15-19(25)13-23)16-27-14-18(24)12-22/h18-20,22-25H,2-17H2,1H3/t18-,19+,20+/m0/s1. The van der Waals surface area contributed by atoms with Crippen molar-refractivity contribution in [2.45, 2.75) is 89.4 Å². The first-order valence-corrected chi connectivity index (χ1v) is 11.0. The average molecular weight is 423 g/mol. The highest BCUT2D eigenvalue weighted by atomic mass is 16.6. The van der Waals surface area contributed by atoms with Crippen LogP contribution in [0, 0.1) is 0 Å². The molecule has 0 bridgehead atoms. The molecule has 0 aromatic rings. The molecule has 29 heavy (non-hydrogen) atoms. The number of carbonyl (C=O) groups excluding carboxylic acids is 1. The van der Waals surface area contributed by atoms with Crippen molar-refractivity contribution in [3.8, 4) is 0 Å². The van der Waals surface area contributed by atoms with Crippen molar-refractivity contribution in [1.29, 1.82) is 0 Å². The summed E-state index contributed by atoms with van der Waals surface area (Å²) in [5, 5.41) is 36.3. The highest BCUT2D eigenvalue weighted by molar-refractivity contribution is 5.69. The zero-order valence-electron chi connectivity index (χ0n) is 18.0. The number of aliphatic hydroxyl groups excluding tert-OH is 4. The van der Waals surface area contributed by atoms with Crippen molar-refractivity contribution in [3.63, 3.8) is 0 Å². The van der Waals surface area contributed by atoms with E-state index in [-0.39, 0.29) is 32.4 Å². The van der Waals surface area contributed by atoms with E-state index in [0.29, 0.717) is 6.42 Å². The second-order valence-electron chi connectivity index (χ2n) is 7.43. The molecule has 3 atom stereocenters. The highest BCUT2D eigenvalue weighted by Crippen LogP contribution is 2.11. The van der Waals surface area contributed by atoms with Crippen LogP contribution in [0.2, 0.25) is 0 Å². The molecule has 0 rings (SSSR count). The monoisotopic (exact) mass is 422 g/mol. The Hall–Kier alpha value is -0.770. The lowest BCUT2D eigenvalue weighted by Crippen LogP contribution is -2.33. The number of aliphatic hydroxyl groups is 4. The average Bonchev–Trinajstić information content (AvgIpc) is 2.73. The summed E-state index contributed by atoms with van der Waals surface area (Å²) in [6, 6.07) is 0. The number of rotatable bonds is 21. The van der Waals surface area contributed by atoms with Gasteiger partial charge in [-0.3, -0.25) is 4.79 Å². The molecule has 0 radical (unpaired) electrons. The molecule has 8 heteroatoms. The second-order valence-corrected chi connectivity index (χ2v) is 7.43. The second kappa shape index (κ2) is 20.5. The van der Waals surface area contributed by atoms with Crippen LogP contribution in [-0.4, -0.2) is 84.3 Å². The highest BCUT2D eigenvalue weighted by Gasteiger charge is 2.16. The van der Waals surface area contributed by atoms with Crippen LogP contribution >= 0.6 is 0 Å². The van der Waals surface area contributed by atoms with Crippen LogP contribution in [0.3, 0.4) is 0 Å². The van der Waals surface area contributed by atoms with E-state index in [1.807, 2.05) is 0 Å². The normalized spacial score (nSPS) is 14.5. The van der Waals surface area contributed by atoms with Crippen molar-refractivity contribution in [2.75, 3.05) is 39.6 Å². The number of hydrogen-bond acceptors (Lipinski definition) is 8. The molecular formula is C21H42O8. The van der Waals surface area contributed by atoms with Gasteiger partial charge in [-0.25, -0.2) is 0 Å². The van der Waals surface area contributed by atoms with Crippen LogP contribution in [0.4, 0.5) is 0 Å². The van der Waals surface area contributed by atoms with Crippen molar-refractivity contribution in [1.82, 2.24) is 0 Å². The van der Waals surface area contributed by atoms with Gasteiger partial charge in [-0.05, 0) is 6.42 Å². The smallest absolute Gasteiger partial charge is 0.305 e. The summed E-state index contributed by atoms with van der Waals surface area (Å²) in [5.41, 5.74) is 0. The van der Waals surface area contributed by atoms with Crippen molar-refractivity contribution in [2.24, 2.45) is 0 Å². The van der Waals surface area contributed by atoms with E-state index < -0.39 is 31.5 Å². The maximum Gasteiger partial charge on any atom is 0.305 e. The zero-order chi connectivity index (χ0) is 21.7. The lowest BCUT2D eigenvalue weighted by molar-refractivity contribution is -0.152. The van der Waals surface area contributed by atoms with E-state index in [9.17, 15) is 15.0 Å². The minimum atomic E-state index is -1.03. The van der Waals surface area contributed by atoms with Gasteiger partial charge in [-0.15, -0.1) is 0 Å². The fraction of sp³-hybridized carbons (Fsp3) is 0.952. The first kappa shape index (κ1) is 28.2. The van der Waals surface area contributed by atoms with Crippen LogP contribution < -0.4 is 0 Å². The molecule has 0 heterocycles. The minimum absolute atomic E-state index is 0.0283. The predicted octanol–water partition coefficient (Wildman–Crippen LogP) is 1.56. The largest absolute Gasteiger partial charge is 0.463 e. The summed E-state index contributed by atoms with van der Waals surface area (Å²) in [5.74, 6) is -0.306. The molecule has 0 fully saturated rings. The summed E-state index contributed by atoms with van der Waals surface area (Å²) in [6.07, 6.45) is 8.26. The fourth-order valence-corrected chi connectivity index (χ4v) is 2.67. The van der Waals surface area contributed by atoms with E-state index in [1.54, 1.807) is 0 Å². The molecule has 0 aromatic heterocycles. The quantitative estimate of drug-likeness (QED) is 0.162. The van der Waals surface area contributed by atoms with Gasteiger partial charge in [0.15, 0.2) is 0 Å². The van der Waals surface area contributed by atoms with Crippen LogP contribution in [-0.2, 0) is 19.0 Å². The van der Waals surface area contributed by atoms with Crippen LogP contribution in [0.5, 0.6) is 0 Å². The Morgan fingerprint density at radius 1 is 0.759 bits per heavy atom. The number of unbranched alkanes of at least 4 members (excludes halogenated alkanes) is 8. The van der Waals surface area contributed by atoms with Crippen molar-refractivity contribution < 1.29 is 39.4 Å². The van der Waals surface area contributed by atoms with Crippen LogP contribution in [0.25, 0.3) is 0 Å². The first-order chi connectivity index (χ1) is 14.0. The number of carbonyl (C=O) groups is 1. The molecular weight excluding hydrogens is 380 g/mol. The zero-order valence-corrected chi connectivity index (χ0v) is 18.0. The molecule has 0 aliphatic rings. The summed E-state index contributed by atoms with van der Waals surface area (Å²) >= 11 is 0. The molecule has 8 nitrogen and oxygen atoms in total. The third-order valence-electron chi connectivity index (χ3n) is 4.47. The third-order valence-corrected chi connectivity index (χ3v) is 4.47. The van der Waals surface area contributed by atoms with Gasteiger partial charge in [0.25, 0.3) is 0 Å². The Bertz CT molecular complexity index is 367. The van der Waals surface area contributed by atoms with E-state index in [0.717, 1.165) is 19.3 Å². The molecule has 0 aromatic carbocycles. The van der Waals surface area contributed by atoms with Gasteiger partial charge in [0.05, 0.1) is 33.0 Å². The Morgan fingerprint density at radius 3 is 1.90 bits per heavy atom. The number of hydrogen-bond donors (Lipinski definition) is 4. The Morgan fingerprint density at radius 2 is 1.31 bits per heavy atom. The Balaban J connectivity index is 3.91. The van der Waals surface area contributed by atoms with Gasteiger partial charge in [-0.2, -0.15) is 0 Å². The van der Waals surface area contributed by atoms with E-state index in [1.165, 1.54) is 38.5 Å². The maximum absolute atomic E-state index is 11.9. The summed E-state index contributed by atoms with van der Waals surface area (Å²) in [4.78, 5) is 11.9. The predicted molar refractivity (Wildman–Crippen MR) is 110 cm³/mol. The molecule has 0 aliphatic heterocycles. The molecule has 4 N–H and O–H groups in total. The fourth-order valence-electron chi connectivity index (χ4n) is 2.67. The van der Waals surface area contributed by atoms with E-state index in [2.05, 4.69) is 6.92 Å². The van der Waals surface area contributed by atoms with Gasteiger partial charge in [0.2, 0.25) is 0 Å². The van der Waals surface area contributed by atoms with Gasteiger partial charge >= 0.3 is 5.97 Å². The molecule has 174 valence electrons. The minimum Gasteiger partial charge on any atom is -0.463 e. The third kappa shape index (κ3) is 19.0. The van der Waals surface area contributed by atoms with Crippen LogP contribution in [0.1, 0.15) is 71.1 Å². The van der Waals surface area contributed by atoms with Crippen molar-refractivity contribution >= 4 is 5.97 Å². The Kier molecular flexibility index (Phi) is 20.0. The molecule has 0 saturated heterocycles. The molecule has 0 saturated carbocycles. The van der Waals surface area contributed by atoms with Gasteiger partial charge in [0.1, 0.15) is 24.9 Å². The molecule has 0 unspecified atom stereocenters. The lowest BCUT2D eigenvalue weighted by Gasteiger charge is -2.20. The van der Waals surface area contributed by atoms with Crippen molar-refractivity contribution in [3.05, 3.63) is 0 Å². The molecule has 0 aliphatic carbocycles. The topological polar surface area (TPSA) is 126 Å². The Labute approximate surface area is 175 Å². The lowest BCUT2D eigenvalue weighted by atomic mass is 10.1. The maximum atomic E-state index is 11.9. The summed E-state index contributed by atoms with van der Waals surface area (Å²) in [6.45, 7) is 1.15. The van der Waals surface area contributed by atoms with E-state index >= 15 is 0 Å². The van der Waals surface area contributed by atoms with E-state index in [4.69, 9.17) is 24.4 Å². The number of esters is 1.